The van der Waals surface area contributed by atoms with Crippen molar-refractivity contribution in [2.24, 2.45) is 0 Å². The second kappa shape index (κ2) is 7.99. The molecular formula is C21H19ClN6O2S. The highest BCUT2D eigenvalue weighted by molar-refractivity contribution is 8.18. The van der Waals surface area contributed by atoms with Gasteiger partial charge in [0.15, 0.2) is 5.65 Å². The van der Waals surface area contributed by atoms with Crippen LogP contribution in [0.5, 0.6) is 0 Å². The third-order valence-corrected chi connectivity index (χ3v) is 6.50. The van der Waals surface area contributed by atoms with Gasteiger partial charge in [-0.05, 0) is 49.2 Å². The first-order valence-corrected chi connectivity index (χ1v) is 11.0. The molecular weight excluding hydrogens is 436 g/mol. The largest absolute Gasteiger partial charge is 0.368 e. The van der Waals surface area contributed by atoms with Gasteiger partial charge in [-0.25, -0.2) is 9.50 Å². The van der Waals surface area contributed by atoms with Crippen LogP contribution in [0.25, 0.3) is 23.0 Å². The summed E-state index contributed by atoms with van der Waals surface area (Å²) in [5.41, 5.74) is 3.95. The van der Waals surface area contributed by atoms with Gasteiger partial charge in [-0.3, -0.25) is 14.9 Å². The van der Waals surface area contributed by atoms with Crippen molar-refractivity contribution >= 4 is 51.9 Å². The number of halogens is 1. The minimum atomic E-state index is -0.408. The first-order chi connectivity index (χ1) is 15.0. The number of hydrogen-bond donors (Lipinski definition) is 1. The number of imidazole rings is 1. The zero-order valence-corrected chi connectivity index (χ0v) is 18.3. The van der Waals surface area contributed by atoms with E-state index < -0.39 is 5.91 Å². The summed E-state index contributed by atoms with van der Waals surface area (Å²) in [7, 11) is 2.12. The van der Waals surface area contributed by atoms with E-state index in [1.165, 1.54) is 0 Å². The number of nitrogens with zero attached hydrogens (tertiary/aromatic N) is 5. The molecule has 2 aliphatic heterocycles. The molecule has 0 radical (unpaired) electrons. The monoisotopic (exact) mass is 454 g/mol. The van der Waals surface area contributed by atoms with E-state index in [4.69, 9.17) is 11.6 Å². The molecule has 0 unspecified atom stereocenters. The third-order valence-electron chi connectivity index (χ3n) is 5.39. The van der Waals surface area contributed by atoms with E-state index >= 15 is 0 Å². The lowest BCUT2D eigenvalue weighted by molar-refractivity contribution is -0.115. The molecule has 3 aromatic rings. The molecule has 5 rings (SSSR count). The van der Waals surface area contributed by atoms with Crippen LogP contribution in [0.2, 0.25) is 5.02 Å². The number of fused-ring (bicyclic) bond motifs is 1. The summed E-state index contributed by atoms with van der Waals surface area (Å²) in [6, 6.07) is 9.58. The maximum Gasteiger partial charge on any atom is 0.290 e. The van der Waals surface area contributed by atoms with Gasteiger partial charge in [0.25, 0.3) is 11.1 Å². The van der Waals surface area contributed by atoms with Crippen LogP contribution in [-0.2, 0) is 4.79 Å². The Bertz CT molecular complexity index is 1230. The molecule has 0 saturated carbocycles. The van der Waals surface area contributed by atoms with Crippen molar-refractivity contribution in [3.63, 3.8) is 0 Å². The summed E-state index contributed by atoms with van der Waals surface area (Å²) in [5.74, 6) is -0.408. The number of thioether (sulfide) groups is 1. The molecule has 0 spiro atoms. The maximum absolute atomic E-state index is 11.8. The van der Waals surface area contributed by atoms with Crippen LogP contribution >= 0.6 is 23.4 Å². The number of imide groups is 1. The topological polar surface area (TPSA) is 82.8 Å². The van der Waals surface area contributed by atoms with Crippen LogP contribution in [0.3, 0.4) is 0 Å². The molecule has 1 aromatic carbocycles. The summed E-state index contributed by atoms with van der Waals surface area (Å²) < 4.78 is 1.72. The Hall–Kier alpha value is -2.88. The number of amides is 2. The van der Waals surface area contributed by atoms with Crippen molar-refractivity contribution in [3.05, 3.63) is 52.2 Å². The van der Waals surface area contributed by atoms with Crippen molar-refractivity contribution in [1.29, 1.82) is 0 Å². The fourth-order valence-electron chi connectivity index (χ4n) is 3.69. The van der Waals surface area contributed by atoms with Gasteiger partial charge in [-0.1, -0.05) is 17.7 Å². The van der Waals surface area contributed by atoms with Crippen molar-refractivity contribution < 1.29 is 9.59 Å². The summed E-state index contributed by atoms with van der Waals surface area (Å²) in [6.07, 6.45) is 3.35. The van der Waals surface area contributed by atoms with E-state index in [9.17, 15) is 9.59 Å². The van der Waals surface area contributed by atoms with Crippen molar-refractivity contribution in [2.45, 2.75) is 0 Å². The number of carbonyl (C=O) groups is 2. The van der Waals surface area contributed by atoms with E-state index in [0.717, 1.165) is 54.9 Å². The quantitative estimate of drug-likeness (QED) is 0.609. The van der Waals surface area contributed by atoms with E-state index in [-0.39, 0.29) is 5.24 Å². The highest BCUT2D eigenvalue weighted by atomic mass is 35.5. The summed E-state index contributed by atoms with van der Waals surface area (Å²) in [5, 5.41) is 7.15. The van der Waals surface area contributed by atoms with Gasteiger partial charge >= 0.3 is 0 Å². The molecule has 4 heterocycles. The molecule has 8 nitrogen and oxygen atoms in total. The molecule has 2 saturated heterocycles. The first-order valence-electron chi connectivity index (χ1n) is 9.81. The summed E-state index contributed by atoms with van der Waals surface area (Å²) >= 11 is 7.51. The van der Waals surface area contributed by atoms with Gasteiger partial charge in [0, 0.05) is 31.7 Å². The highest BCUT2D eigenvalue weighted by Crippen LogP contribution is 2.32. The molecule has 158 valence electrons. The number of hydrogen-bond acceptors (Lipinski definition) is 7. The van der Waals surface area contributed by atoms with Crippen LogP contribution in [0.4, 0.5) is 10.5 Å². The number of likely N-dealkylation sites (N-methyl/N-ethyl adjacent to an activating group) is 1. The van der Waals surface area contributed by atoms with Gasteiger partial charge in [0.2, 0.25) is 0 Å². The van der Waals surface area contributed by atoms with E-state index in [2.05, 4.69) is 32.2 Å². The van der Waals surface area contributed by atoms with Gasteiger partial charge in [-0.2, -0.15) is 5.10 Å². The van der Waals surface area contributed by atoms with Gasteiger partial charge < -0.3 is 9.80 Å². The molecule has 1 N–H and O–H groups in total. The molecule has 0 atom stereocenters. The lowest BCUT2D eigenvalue weighted by atomic mass is 10.1. The minimum absolute atomic E-state index is 0.318. The summed E-state index contributed by atoms with van der Waals surface area (Å²) in [6.45, 7) is 3.91. The fourth-order valence-corrected chi connectivity index (χ4v) is 4.65. The Kier molecular flexibility index (Phi) is 5.17. The normalized spacial score (nSPS) is 18.9. The number of benzene rings is 1. The lowest BCUT2D eigenvalue weighted by Crippen LogP contribution is -2.44. The second-order valence-corrected chi connectivity index (χ2v) is 8.90. The molecule has 2 aromatic heterocycles. The van der Waals surface area contributed by atoms with E-state index in [0.29, 0.717) is 21.3 Å². The summed E-state index contributed by atoms with van der Waals surface area (Å²) in [4.78, 5) is 32.6. The smallest absolute Gasteiger partial charge is 0.290 e. The van der Waals surface area contributed by atoms with E-state index in [1.807, 2.05) is 24.3 Å². The maximum atomic E-state index is 11.8. The van der Waals surface area contributed by atoms with Crippen LogP contribution in [-0.4, -0.2) is 63.9 Å². The Morgan fingerprint density at radius 3 is 2.65 bits per heavy atom. The molecule has 0 aliphatic carbocycles. The van der Waals surface area contributed by atoms with Crippen LogP contribution in [0, 0.1) is 0 Å². The highest BCUT2D eigenvalue weighted by Gasteiger charge is 2.25. The SMILES string of the molecule is CN1CCN(c2ccc(-c3cnc4ccc(C=C5SC(=O)NC5=O)nn34)cc2Cl)CC1. The van der Waals surface area contributed by atoms with Crippen LogP contribution < -0.4 is 10.2 Å². The van der Waals surface area contributed by atoms with Crippen molar-refractivity contribution in [1.82, 2.24) is 24.8 Å². The Balaban J connectivity index is 1.47. The van der Waals surface area contributed by atoms with Crippen molar-refractivity contribution in [3.8, 4) is 11.3 Å². The Labute approximate surface area is 187 Å². The molecule has 2 fully saturated rings. The number of rotatable bonds is 3. The number of nitrogens with one attached hydrogen (secondary N) is 1. The number of carbonyl (C=O) groups excluding carboxylic acids is 2. The standard InChI is InChI=1S/C21H19ClN6O2S/c1-26-6-8-27(9-7-26)16-4-2-13(10-15(16)22)17-12-23-19-5-3-14(25-28(17)19)11-18-20(29)24-21(30)31-18/h2-5,10-12H,6-9H2,1H3,(H,24,29,30). The predicted molar refractivity (Wildman–Crippen MR) is 122 cm³/mol. The molecule has 0 bridgehead atoms. The average molecular weight is 455 g/mol. The molecule has 2 amide bonds. The van der Waals surface area contributed by atoms with Gasteiger partial charge in [0.05, 0.1) is 33.2 Å². The van der Waals surface area contributed by atoms with Gasteiger partial charge in [0.1, 0.15) is 0 Å². The fraction of sp³-hybridized carbons (Fsp3) is 0.238. The Morgan fingerprint density at radius 1 is 1.13 bits per heavy atom. The van der Waals surface area contributed by atoms with Crippen molar-refractivity contribution in [2.75, 3.05) is 38.1 Å². The minimum Gasteiger partial charge on any atom is -0.368 e. The first kappa shape index (κ1) is 20.0. The zero-order valence-electron chi connectivity index (χ0n) is 16.7. The molecule has 31 heavy (non-hydrogen) atoms. The molecule has 10 heteroatoms. The molecule has 2 aliphatic rings. The number of aromatic nitrogens is 3. The Morgan fingerprint density at radius 2 is 1.94 bits per heavy atom. The van der Waals surface area contributed by atoms with E-state index in [1.54, 1.807) is 22.9 Å². The van der Waals surface area contributed by atoms with Crippen LogP contribution in [0.15, 0.2) is 41.4 Å². The third kappa shape index (κ3) is 3.91. The average Bonchev–Trinajstić information content (AvgIpc) is 3.31. The second-order valence-electron chi connectivity index (χ2n) is 7.48. The van der Waals surface area contributed by atoms with Gasteiger partial charge in [-0.15, -0.1) is 0 Å². The van der Waals surface area contributed by atoms with Crippen LogP contribution in [0.1, 0.15) is 5.69 Å². The number of piperazine rings is 1. The predicted octanol–water partition coefficient (Wildman–Crippen LogP) is 3.13. The number of anilines is 1. The lowest BCUT2D eigenvalue weighted by Gasteiger charge is -2.34. The zero-order chi connectivity index (χ0) is 21.5.